The van der Waals surface area contributed by atoms with Crippen molar-refractivity contribution in [2.75, 3.05) is 6.54 Å². The quantitative estimate of drug-likeness (QED) is 0.750. The highest BCUT2D eigenvalue weighted by molar-refractivity contribution is 6.15. The van der Waals surface area contributed by atoms with Crippen LogP contribution in [0.1, 0.15) is 18.9 Å². The van der Waals surface area contributed by atoms with Crippen LogP contribution in [0.4, 0.5) is 0 Å². The smallest absolute Gasteiger partial charge is 0.0887 e. The molecule has 86 valence electrons. The third-order valence-electron chi connectivity index (χ3n) is 2.42. The summed E-state index contributed by atoms with van der Waals surface area (Å²) in [5, 5.41) is 0. The van der Waals surface area contributed by atoms with Crippen LogP contribution in [0.2, 0.25) is 0 Å². The van der Waals surface area contributed by atoms with Gasteiger partial charge in [0.1, 0.15) is 0 Å². The van der Waals surface area contributed by atoms with E-state index in [1.54, 1.807) is 6.21 Å². The van der Waals surface area contributed by atoms with E-state index >= 15 is 0 Å². The topological polar surface area (TPSA) is 24.7 Å². The van der Waals surface area contributed by atoms with Crippen molar-refractivity contribution in [1.29, 1.82) is 0 Å². The van der Waals surface area contributed by atoms with Gasteiger partial charge in [0.2, 0.25) is 0 Å². The van der Waals surface area contributed by atoms with E-state index in [2.05, 4.69) is 35.1 Å². The maximum absolute atomic E-state index is 4.53. The standard InChI is InChI=1S/C15H16N2/c1-2-10-16-14-9-6-11-17-15(14)12-13-7-4-3-5-8-13/h3-9,11-12H,2,10H2,1H3/b15-12-,16-14?. The Morgan fingerprint density at radius 2 is 2.06 bits per heavy atom. The number of allylic oxidation sites excluding steroid dienone is 2. The number of nitrogens with zero attached hydrogens (tertiary/aromatic N) is 2. The van der Waals surface area contributed by atoms with E-state index in [0.717, 1.165) is 29.9 Å². The summed E-state index contributed by atoms with van der Waals surface area (Å²) >= 11 is 0. The highest BCUT2D eigenvalue weighted by Crippen LogP contribution is 2.12. The molecule has 0 saturated heterocycles. The molecule has 17 heavy (non-hydrogen) atoms. The van der Waals surface area contributed by atoms with Crippen molar-refractivity contribution in [3.8, 4) is 0 Å². The molecule has 0 spiro atoms. The van der Waals surface area contributed by atoms with Crippen molar-refractivity contribution < 1.29 is 0 Å². The van der Waals surface area contributed by atoms with E-state index in [1.807, 2.05) is 30.4 Å². The molecule has 0 saturated carbocycles. The van der Waals surface area contributed by atoms with Crippen LogP contribution in [0.5, 0.6) is 0 Å². The average molecular weight is 224 g/mol. The molecule has 0 amide bonds. The van der Waals surface area contributed by atoms with E-state index < -0.39 is 0 Å². The summed E-state index contributed by atoms with van der Waals surface area (Å²) in [5.41, 5.74) is 3.06. The van der Waals surface area contributed by atoms with Crippen molar-refractivity contribution in [3.63, 3.8) is 0 Å². The molecule has 0 fully saturated rings. The van der Waals surface area contributed by atoms with Crippen molar-refractivity contribution >= 4 is 18.0 Å². The lowest BCUT2D eigenvalue weighted by molar-refractivity contribution is 0.933. The fourth-order valence-corrected chi connectivity index (χ4v) is 1.59. The lowest BCUT2D eigenvalue weighted by atomic mass is 10.1. The maximum Gasteiger partial charge on any atom is 0.0887 e. The molecular formula is C15H16N2. The summed E-state index contributed by atoms with van der Waals surface area (Å²) in [6, 6.07) is 10.2. The minimum absolute atomic E-state index is 0.849. The number of aliphatic imine (C=N–C) groups is 2. The maximum atomic E-state index is 4.53. The van der Waals surface area contributed by atoms with Crippen molar-refractivity contribution in [1.82, 2.24) is 0 Å². The van der Waals surface area contributed by atoms with Crippen molar-refractivity contribution in [2.24, 2.45) is 9.98 Å². The normalized spacial score (nSPS) is 19.1. The Labute approximate surface area is 102 Å². The molecule has 2 heteroatoms. The molecule has 0 N–H and O–H groups in total. The largest absolute Gasteiger partial charge is 0.283 e. The highest BCUT2D eigenvalue weighted by Gasteiger charge is 2.04. The minimum atomic E-state index is 0.849. The number of dihydropyridines is 1. The molecule has 0 atom stereocenters. The number of hydrogen-bond acceptors (Lipinski definition) is 2. The summed E-state index contributed by atoms with van der Waals surface area (Å²) in [6.07, 6.45) is 8.86. The van der Waals surface area contributed by atoms with Crippen molar-refractivity contribution in [2.45, 2.75) is 13.3 Å². The van der Waals surface area contributed by atoms with Crippen LogP contribution in [-0.2, 0) is 0 Å². The lowest BCUT2D eigenvalue weighted by Crippen LogP contribution is -2.02. The number of benzene rings is 1. The predicted molar refractivity (Wildman–Crippen MR) is 74.6 cm³/mol. The van der Waals surface area contributed by atoms with Gasteiger partial charge in [-0.25, -0.2) is 0 Å². The van der Waals surface area contributed by atoms with Crippen LogP contribution >= 0.6 is 0 Å². The number of rotatable bonds is 3. The van der Waals surface area contributed by atoms with Gasteiger partial charge in [0.15, 0.2) is 0 Å². The van der Waals surface area contributed by atoms with E-state index in [4.69, 9.17) is 0 Å². The van der Waals surface area contributed by atoms with Crippen LogP contribution in [0.15, 0.2) is 58.2 Å². The zero-order valence-electron chi connectivity index (χ0n) is 10.0. The van der Waals surface area contributed by atoms with Gasteiger partial charge in [-0.1, -0.05) is 37.3 Å². The molecular weight excluding hydrogens is 208 g/mol. The SMILES string of the molecule is CCCN=C1C=CC=N/C1=C\c1ccccc1. The van der Waals surface area contributed by atoms with Crippen LogP contribution < -0.4 is 0 Å². The Morgan fingerprint density at radius 1 is 1.24 bits per heavy atom. The fraction of sp³-hybridized carbons (Fsp3) is 0.200. The first kappa shape index (κ1) is 11.5. The molecule has 0 radical (unpaired) electrons. The summed E-state index contributed by atoms with van der Waals surface area (Å²) in [5.74, 6) is 0. The first-order valence-corrected chi connectivity index (χ1v) is 5.92. The first-order valence-electron chi connectivity index (χ1n) is 5.92. The van der Waals surface area contributed by atoms with Gasteiger partial charge in [0, 0.05) is 12.8 Å². The van der Waals surface area contributed by atoms with Crippen molar-refractivity contribution in [3.05, 3.63) is 53.7 Å². The predicted octanol–water partition coefficient (Wildman–Crippen LogP) is 3.52. The number of hydrogen-bond donors (Lipinski definition) is 0. The Morgan fingerprint density at radius 3 is 2.82 bits per heavy atom. The van der Waals surface area contributed by atoms with Crippen LogP contribution in [0, 0.1) is 0 Å². The molecule has 0 bridgehead atoms. The summed E-state index contributed by atoms with van der Waals surface area (Å²) in [4.78, 5) is 8.90. The first-order chi connectivity index (χ1) is 8.40. The van der Waals surface area contributed by atoms with Gasteiger partial charge < -0.3 is 0 Å². The summed E-state index contributed by atoms with van der Waals surface area (Å²) in [7, 11) is 0. The second-order valence-electron chi connectivity index (χ2n) is 3.84. The van der Waals surface area contributed by atoms with Crippen LogP contribution in [0.3, 0.4) is 0 Å². The second-order valence-corrected chi connectivity index (χ2v) is 3.84. The molecule has 1 aliphatic heterocycles. The third kappa shape index (κ3) is 3.25. The Balaban J connectivity index is 2.27. The van der Waals surface area contributed by atoms with Crippen LogP contribution in [-0.4, -0.2) is 18.5 Å². The molecule has 2 rings (SSSR count). The Hall–Kier alpha value is -1.96. The molecule has 0 aromatic heterocycles. The van der Waals surface area contributed by atoms with Gasteiger partial charge in [-0.15, -0.1) is 0 Å². The molecule has 1 heterocycles. The molecule has 1 aromatic rings. The van der Waals surface area contributed by atoms with E-state index in [1.165, 1.54) is 0 Å². The Bertz CT molecular complexity index is 479. The average Bonchev–Trinajstić information content (AvgIpc) is 2.39. The second kappa shape index (κ2) is 5.94. The third-order valence-corrected chi connectivity index (χ3v) is 2.42. The van der Waals surface area contributed by atoms with Gasteiger partial charge in [-0.3, -0.25) is 9.98 Å². The molecule has 0 unspecified atom stereocenters. The molecule has 0 aliphatic carbocycles. The fourth-order valence-electron chi connectivity index (χ4n) is 1.59. The summed E-state index contributed by atoms with van der Waals surface area (Å²) < 4.78 is 0. The molecule has 1 aliphatic rings. The van der Waals surface area contributed by atoms with Gasteiger partial charge in [-0.05, 0) is 30.2 Å². The monoisotopic (exact) mass is 224 g/mol. The zero-order valence-corrected chi connectivity index (χ0v) is 10.0. The van der Waals surface area contributed by atoms with Gasteiger partial charge in [0.25, 0.3) is 0 Å². The van der Waals surface area contributed by atoms with Gasteiger partial charge >= 0.3 is 0 Å². The van der Waals surface area contributed by atoms with Gasteiger partial charge in [0.05, 0.1) is 11.4 Å². The van der Waals surface area contributed by atoms with E-state index in [9.17, 15) is 0 Å². The van der Waals surface area contributed by atoms with E-state index in [-0.39, 0.29) is 0 Å². The van der Waals surface area contributed by atoms with E-state index in [0.29, 0.717) is 0 Å². The zero-order chi connectivity index (χ0) is 11.9. The van der Waals surface area contributed by atoms with Gasteiger partial charge in [-0.2, -0.15) is 0 Å². The Kier molecular flexibility index (Phi) is 4.03. The molecule has 1 aromatic carbocycles. The highest BCUT2D eigenvalue weighted by atomic mass is 14.8. The summed E-state index contributed by atoms with van der Waals surface area (Å²) in [6.45, 7) is 2.97. The van der Waals surface area contributed by atoms with Crippen LogP contribution in [0.25, 0.3) is 6.08 Å². The lowest BCUT2D eigenvalue weighted by Gasteiger charge is -2.06. The minimum Gasteiger partial charge on any atom is -0.283 e. The molecule has 2 nitrogen and oxygen atoms in total.